The second-order valence-corrected chi connectivity index (χ2v) is 5.07. The van der Waals surface area contributed by atoms with Gasteiger partial charge in [-0.2, -0.15) is 0 Å². The Bertz CT molecular complexity index is 117. The first kappa shape index (κ1) is 9.05. The predicted octanol–water partition coefficient (Wildman–Crippen LogP) is 2.85. The number of hydrogen-bond acceptors (Lipinski definition) is 1. The maximum Gasteiger partial charge on any atom is 0.0580 e. The fourth-order valence-corrected chi connectivity index (χ4v) is 1.33. The van der Waals surface area contributed by atoms with E-state index >= 15 is 0 Å². The first-order valence-electron chi connectivity index (χ1n) is 4.59. The summed E-state index contributed by atoms with van der Waals surface area (Å²) in [5.41, 5.74) is 0.332. The smallest absolute Gasteiger partial charge is 0.0580 e. The molecule has 0 bridgehead atoms. The van der Waals surface area contributed by atoms with Gasteiger partial charge in [0.15, 0.2) is 0 Å². The first-order chi connectivity index (χ1) is 4.97. The minimum absolute atomic E-state index is 0.332. The number of rotatable bonds is 2. The van der Waals surface area contributed by atoms with Crippen LogP contribution in [0.25, 0.3) is 0 Å². The van der Waals surface area contributed by atoms with Crippen LogP contribution in [-0.4, -0.2) is 12.7 Å². The molecule has 0 amide bonds. The fraction of sp³-hybridized carbons (Fsp3) is 1.00. The summed E-state index contributed by atoms with van der Waals surface area (Å²) in [6.45, 7) is 9.85. The molecule has 1 fully saturated rings. The topological polar surface area (TPSA) is 9.23 Å². The molecule has 0 aromatic heterocycles. The lowest BCUT2D eigenvalue weighted by Gasteiger charge is -2.34. The third-order valence-electron chi connectivity index (χ3n) is 2.08. The standard InChI is InChI=1S/C10H20O/c1-8-5-9(6-8)11-7-10(2,3)4/h8-9H,5-7H2,1-4H3. The molecule has 0 aromatic rings. The van der Waals surface area contributed by atoms with Gasteiger partial charge in [0.25, 0.3) is 0 Å². The molecule has 1 aliphatic rings. The molecule has 1 nitrogen and oxygen atoms in total. The second-order valence-electron chi connectivity index (χ2n) is 5.07. The molecule has 66 valence electrons. The Balaban J connectivity index is 2.05. The van der Waals surface area contributed by atoms with Crippen molar-refractivity contribution in [1.29, 1.82) is 0 Å². The van der Waals surface area contributed by atoms with Gasteiger partial charge < -0.3 is 4.74 Å². The van der Waals surface area contributed by atoms with Crippen LogP contribution in [-0.2, 0) is 4.74 Å². The molecule has 0 atom stereocenters. The lowest BCUT2D eigenvalue weighted by atomic mass is 9.84. The van der Waals surface area contributed by atoms with Crippen molar-refractivity contribution in [3.05, 3.63) is 0 Å². The van der Waals surface area contributed by atoms with Crippen molar-refractivity contribution in [2.45, 2.75) is 46.6 Å². The highest BCUT2D eigenvalue weighted by molar-refractivity contribution is 4.77. The summed E-state index contributed by atoms with van der Waals surface area (Å²) in [5.74, 6) is 0.903. The Labute approximate surface area is 70.1 Å². The van der Waals surface area contributed by atoms with E-state index in [1.54, 1.807) is 0 Å². The van der Waals surface area contributed by atoms with Gasteiger partial charge in [-0.15, -0.1) is 0 Å². The van der Waals surface area contributed by atoms with Crippen LogP contribution in [0.1, 0.15) is 40.5 Å². The maximum absolute atomic E-state index is 5.71. The average Bonchev–Trinajstić information content (AvgIpc) is 1.75. The number of hydrogen-bond donors (Lipinski definition) is 0. The van der Waals surface area contributed by atoms with Gasteiger partial charge in [-0.1, -0.05) is 27.7 Å². The summed E-state index contributed by atoms with van der Waals surface area (Å²) in [4.78, 5) is 0. The van der Waals surface area contributed by atoms with Gasteiger partial charge in [-0.25, -0.2) is 0 Å². The predicted molar refractivity (Wildman–Crippen MR) is 47.6 cm³/mol. The monoisotopic (exact) mass is 156 g/mol. The molecule has 0 heterocycles. The molecule has 0 aliphatic heterocycles. The Morgan fingerprint density at radius 3 is 2.18 bits per heavy atom. The van der Waals surface area contributed by atoms with Crippen LogP contribution in [0.5, 0.6) is 0 Å². The van der Waals surface area contributed by atoms with Crippen molar-refractivity contribution < 1.29 is 4.74 Å². The minimum Gasteiger partial charge on any atom is -0.378 e. The molecule has 1 heteroatoms. The fourth-order valence-electron chi connectivity index (χ4n) is 1.33. The van der Waals surface area contributed by atoms with Gasteiger partial charge >= 0.3 is 0 Å². The quantitative estimate of drug-likeness (QED) is 0.597. The summed E-state index contributed by atoms with van der Waals surface area (Å²) in [7, 11) is 0. The Morgan fingerprint density at radius 2 is 1.82 bits per heavy atom. The highest BCUT2D eigenvalue weighted by Crippen LogP contribution is 2.30. The lowest BCUT2D eigenvalue weighted by Crippen LogP contribution is -2.32. The number of ether oxygens (including phenoxy) is 1. The van der Waals surface area contributed by atoms with Crippen molar-refractivity contribution in [3.63, 3.8) is 0 Å². The molecular formula is C10H20O. The van der Waals surface area contributed by atoms with E-state index in [1.165, 1.54) is 12.8 Å². The van der Waals surface area contributed by atoms with Crippen LogP contribution >= 0.6 is 0 Å². The summed E-state index contributed by atoms with van der Waals surface area (Å²) in [6, 6.07) is 0. The first-order valence-corrected chi connectivity index (χ1v) is 4.59. The zero-order valence-corrected chi connectivity index (χ0v) is 8.18. The van der Waals surface area contributed by atoms with E-state index in [-0.39, 0.29) is 0 Å². The zero-order chi connectivity index (χ0) is 8.48. The van der Waals surface area contributed by atoms with Crippen molar-refractivity contribution in [2.75, 3.05) is 6.61 Å². The summed E-state index contributed by atoms with van der Waals surface area (Å²) in [5, 5.41) is 0. The highest BCUT2D eigenvalue weighted by Gasteiger charge is 2.27. The van der Waals surface area contributed by atoms with Crippen molar-refractivity contribution in [1.82, 2.24) is 0 Å². The highest BCUT2D eigenvalue weighted by atomic mass is 16.5. The second kappa shape index (κ2) is 3.14. The third-order valence-corrected chi connectivity index (χ3v) is 2.08. The van der Waals surface area contributed by atoms with E-state index in [1.807, 2.05) is 0 Å². The van der Waals surface area contributed by atoms with Crippen LogP contribution in [0.4, 0.5) is 0 Å². The molecule has 0 saturated heterocycles. The van der Waals surface area contributed by atoms with E-state index in [9.17, 15) is 0 Å². The summed E-state index contributed by atoms with van der Waals surface area (Å²) in [6.07, 6.45) is 3.12. The zero-order valence-electron chi connectivity index (χ0n) is 8.18. The molecule has 11 heavy (non-hydrogen) atoms. The average molecular weight is 156 g/mol. The molecule has 1 aliphatic carbocycles. The van der Waals surface area contributed by atoms with Crippen molar-refractivity contribution >= 4 is 0 Å². The minimum atomic E-state index is 0.332. The van der Waals surface area contributed by atoms with Crippen molar-refractivity contribution in [2.24, 2.45) is 11.3 Å². The van der Waals surface area contributed by atoms with E-state index in [0.717, 1.165) is 12.5 Å². The Kier molecular flexibility index (Phi) is 2.58. The van der Waals surface area contributed by atoms with Crippen LogP contribution in [0.15, 0.2) is 0 Å². The van der Waals surface area contributed by atoms with Gasteiger partial charge in [-0.3, -0.25) is 0 Å². The van der Waals surface area contributed by atoms with E-state index in [2.05, 4.69) is 27.7 Å². The maximum atomic E-state index is 5.71. The van der Waals surface area contributed by atoms with Crippen LogP contribution in [0.2, 0.25) is 0 Å². The van der Waals surface area contributed by atoms with Gasteiger partial charge in [0.1, 0.15) is 0 Å². The van der Waals surface area contributed by atoms with Crippen LogP contribution in [0, 0.1) is 11.3 Å². The Hall–Kier alpha value is -0.0400. The van der Waals surface area contributed by atoms with Gasteiger partial charge in [0.05, 0.1) is 12.7 Å². The molecule has 0 N–H and O–H groups in total. The van der Waals surface area contributed by atoms with Crippen molar-refractivity contribution in [3.8, 4) is 0 Å². The third kappa shape index (κ3) is 3.24. The van der Waals surface area contributed by atoms with E-state index in [4.69, 9.17) is 4.74 Å². The Morgan fingerprint density at radius 1 is 1.27 bits per heavy atom. The van der Waals surface area contributed by atoms with E-state index in [0.29, 0.717) is 11.5 Å². The van der Waals surface area contributed by atoms with Crippen LogP contribution < -0.4 is 0 Å². The van der Waals surface area contributed by atoms with E-state index < -0.39 is 0 Å². The molecule has 1 rings (SSSR count). The normalized spacial score (nSPS) is 31.6. The van der Waals surface area contributed by atoms with Gasteiger partial charge in [-0.05, 0) is 24.2 Å². The molecule has 0 aromatic carbocycles. The summed E-state index contributed by atoms with van der Waals surface area (Å²) >= 11 is 0. The largest absolute Gasteiger partial charge is 0.378 e. The lowest BCUT2D eigenvalue weighted by molar-refractivity contribution is -0.0531. The molecule has 0 unspecified atom stereocenters. The molecule has 1 saturated carbocycles. The summed E-state index contributed by atoms with van der Waals surface area (Å²) < 4.78 is 5.71. The van der Waals surface area contributed by atoms with Gasteiger partial charge in [0, 0.05) is 0 Å². The van der Waals surface area contributed by atoms with Crippen LogP contribution in [0.3, 0.4) is 0 Å². The molecule has 0 radical (unpaired) electrons. The molecular weight excluding hydrogens is 136 g/mol. The molecule has 0 spiro atoms. The van der Waals surface area contributed by atoms with Gasteiger partial charge in [0.2, 0.25) is 0 Å². The SMILES string of the molecule is CC1CC(OCC(C)(C)C)C1.